The van der Waals surface area contributed by atoms with Crippen LogP contribution in [0.25, 0.3) is 0 Å². The van der Waals surface area contributed by atoms with Crippen molar-refractivity contribution in [1.29, 1.82) is 0 Å². The molecule has 1 unspecified atom stereocenters. The lowest BCUT2D eigenvalue weighted by atomic mass is 9.83. The highest BCUT2D eigenvalue weighted by Crippen LogP contribution is 2.25. The van der Waals surface area contributed by atoms with E-state index in [0.717, 1.165) is 16.7 Å². The summed E-state index contributed by atoms with van der Waals surface area (Å²) in [5, 5.41) is 2.88. The van der Waals surface area contributed by atoms with Gasteiger partial charge in [0.1, 0.15) is 12.4 Å². The average molecular weight is 363 g/mol. The van der Waals surface area contributed by atoms with E-state index in [4.69, 9.17) is 4.74 Å². The van der Waals surface area contributed by atoms with Crippen LogP contribution in [0.5, 0.6) is 0 Å². The van der Waals surface area contributed by atoms with Gasteiger partial charge >= 0.3 is 6.09 Å². The number of allylic oxidation sites excluding steroid dienone is 1. The van der Waals surface area contributed by atoms with E-state index in [-0.39, 0.29) is 24.3 Å². The van der Waals surface area contributed by atoms with E-state index in [0.29, 0.717) is 19.3 Å². The molecule has 4 nitrogen and oxygen atoms in total. The summed E-state index contributed by atoms with van der Waals surface area (Å²) in [7, 11) is 0. The minimum absolute atomic E-state index is 0.124. The first kappa shape index (κ1) is 18.9. The first-order valence-electron chi connectivity index (χ1n) is 9.36. The number of Topliss-reactive ketones (excluding diaryl/α,β-unsaturated/α-hetero) is 1. The van der Waals surface area contributed by atoms with Crippen LogP contribution in [-0.4, -0.2) is 17.9 Å². The molecule has 1 aliphatic rings. The molecular formula is C23H25NO3. The van der Waals surface area contributed by atoms with Gasteiger partial charge < -0.3 is 10.1 Å². The molecular weight excluding hydrogens is 338 g/mol. The van der Waals surface area contributed by atoms with Crippen molar-refractivity contribution in [1.82, 2.24) is 5.32 Å². The third-order valence-electron chi connectivity index (χ3n) is 4.89. The fourth-order valence-corrected chi connectivity index (χ4v) is 3.32. The van der Waals surface area contributed by atoms with Gasteiger partial charge in [-0.1, -0.05) is 72.3 Å². The highest BCUT2D eigenvalue weighted by atomic mass is 16.5. The van der Waals surface area contributed by atoms with Crippen LogP contribution in [-0.2, 0) is 22.6 Å². The number of amides is 1. The Balaban J connectivity index is 1.56. The summed E-state index contributed by atoms with van der Waals surface area (Å²) in [5.41, 5.74) is 3.19. The first-order valence-corrected chi connectivity index (χ1v) is 9.36. The maximum absolute atomic E-state index is 12.3. The number of carbonyl (C=O) groups excluding carboxylic acids is 2. The molecule has 2 atom stereocenters. The van der Waals surface area contributed by atoms with E-state index < -0.39 is 6.09 Å². The van der Waals surface area contributed by atoms with Gasteiger partial charge in [0.15, 0.2) is 0 Å². The SMILES string of the molecule is C[C@H](NC(=O)OCc1ccccc1)C1=CC(Cc2ccccc2)C(=O)CC1. The van der Waals surface area contributed by atoms with Crippen molar-refractivity contribution in [3.8, 4) is 0 Å². The van der Waals surface area contributed by atoms with Crippen molar-refractivity contribution < 1.29 is 14.3 Å². The van der Waals surface area contributed by atoms with Gasteiger partial charge in [0.2, 0.25) is 0 Å². The van der Waals surface area contributed by atoms with E-state index in [9.17, 15) is 9.59 Å². The second-order valence-corrected chi connectivity index (χ2v) is 6.93. The molecule has 2 aromatic rings. The minimum atomic E-state index is -0.441. The lowest BCUT2D eigenvalue weighted by Gasteiger charge is -2.24. The second kappa shape index (κ2) is 9.17. The Morgan fingerprint density at radius 2 is 1.67 bits per heavy atom. The third kappa shape index (κ3) is 5.55. The Bertz CT molecular complexity index is 799. The molecule has 2 aromatic carbocycles. The molecule has 0 saturated carbocycles. The van der Waals surface area contributed by atoms with Crippen LogP contribution in [0.4, 0.5) is 4.79 Å². The number of hydrogen-bond acceptors (Lipinski definition) is 3. The molecule has 1 amide bonds. The molecule has 3 rings (SSSR count). The molecule has 0 fully saturated rings. The van der Waals surface area contributed by atoms with Crippen molar-refractivity contribution in [3.05, 3.63) is 83.4 Å². The molecule has 0 spiro atoms. The Kier molecular flexibility index (Phi) is 6.42. The highest BCUT2D eigenvalue weighted by molar-refractivity contribution is 5.84. The van der Waals surface area contributed by atoms with Crippen molar-refractivity contribution in [2.75, 3.05) is 0 Å². The first-order chi connectivity index (χ1) is 13.1. The van der Waals surface area contributed by atoms with Gasteiger partial charge in [-0.05, 0) is 30.9 Å². The van der Waals surface area contributed by atoms with Crippen molar-refractivity contribution in [2.45, 2.75) is 38.8 Å². The number of ketones is 1. The number of alkyl carbamates (subject to hydrolysis) is 1. The predicted molar refractivity (Wildman–Crippen MR) is 105 cm³/mol. The van der Waals surface area contributed by atoms with Crippen LogP contribution in [0, 0.1) is 5.92 Å². The minimum Gasteiger partial charge on any atom is -0.445 e. The molecule has 27 heavy (non-hydrogen) atoms. The van der Waals surface area contributed by atoms with Crippen LogP contribution >= 0.6 is 0 Å². The lowest BCUT2D eigenvalue weighted by Crippen LogP contribution is -2.36. The number of hydrogen-bond donors (Lipinski definition) is 1. The van der Waals surface area contributed by atoms with Gasteiger partial charge in [-0.15, -0.1) is 0 Å². The Morgan fingerprint density at radius 1 is 1.04 bits per heavy atom. The molecule has 1 N–H and O–H groups in total. The summed E-state index contributed by atoms with van der Waals surface area (Å²) < 4.78 is 5.29. The van der Waals surface area contributed by atoms with Crippen LogP contribution in [0.2, 0.25) is 0 Å². The maximum Gasteiger partial charge on any atom is 0.407 e. The topological polar surface area (TPSA) is 55.4 Å². The Labute approximate surface area is 160 Å². The highest BCUT2D eigenvalue weighted by Gasteiger charge is 2.25. The monoisotopic (exact) mass is 363 g/mol. The summed E-state index contributed by atoms with van der Waals surface area (Å²) >= 11 is 0. The van der Waals surface area contributed by atoms with Gasteiger partial charge in [-0.2, -0.15) is 0 Å². The normalized spacial score (nSPS) is 17.7. The number of nitrogens with one attached hydrogen (secondary N) is 1. The summed E-state index contributed by atoms with van der Waals surface area (Å²) in [6.07, 6.45) is 3.50. The van der Waals surface area contributed by atoms with Gasteiger partial charge in [0.05, 0.1) is 6.04 Å². The van der Waals surface area contributed by atoms with Crippen LogP contribution < -0.4 is 5.32 Å². The second-order valence-electron chi connectivity index (χ2n) is 6.93. The van der Waals surface area contributed by atoms with E-state index in [1.54, 1.807) is 0 Å². The largest absolute Gasteiger partial charge is 0.445 e. The van der Waals surface area contributed by atoms with Crippen LogP contribution in [0.15, 0.2) is 72.3 Å². The summed E-state index contributed by atoms with van der Waals surface area (Å²) in [6, 6.07) is 19.5. The van der Waals surface area contributed by atoms with E-state index in [1.165, 1.54) is 0 Å². The lowest BCUT2D eigenvalue weighted by molar-refractivity contribution is -0.121. The molecule has 1 aliphatic carbocycles. The zero-order chi connectivity index (χ0) is 19.1. The van der Waals surface area contributed by atoms with E-state index in [2.05, 4.69) is 5.32 Å². The number of rotatable bonds is 6. The van der Waals surface area contributed by atoms with E-state index >= 15 is 0 Å². The summed E-state index contributed by atoms with van der Waals surface area (Å²) in [6.45, 7) is 2.18. The summed E-state index contributed by atoms with van der Waals surface area (Å²) in [4.78, 5) is 24.4. The van der Waals surface area contributed by atoms with E-state index in [1.807, 2.05) is 73.7 Å². The van der Waals surface area contributed by atoms with Crippen molar-refractivity contribution in [3.63, 3.8) is 0 Å². The van der Waals surface area contributed by atoms with Gasteiger partial charge in [-0.3, -0.25) is 4.79 Å². The molecule has 4 heteroatoms. The van der Waals surface area contributed by atoms with Crippen molar-refractivity contribution in [2.24, 2.45) is 5.92 Å². The standard InChI is InChI=1S/C23H25NO3/c1-17(24-23(26)27-16-19-10-6-3-7-11-19)20-12-13-22(25)21(15-20)14-18-8-4-2-5-9-18/h2-11,15,17,21H,12-14,16H2,1H3,(H,24,26)/t17-,21?/m0/s1. The molecule has 140 valence electrons. The molecule has 0 radical (unpaired) electrons. The third-order valence-corrected chi connectivity index (χ3v) is 4.89. The maximum atomic E-state index is 12.3. The van der Waals surface area contributed by atoms with Crippen LogP contribution in [0.3, 0.4) is 0 Å². The summed E-state index contributed by atoms with van der Waals surface area (Å²) in [5.74, 6) is 0.141. The zero-order valence-electron chi connectivity index (χ0n) is 15.6. The molecule has 0 saturated heterocycles. The Hall–Kier alpha value is -2.88. The number of carbonyl (C=O) groups is 2. The molecule has 0 bridgehead atoms. The fourth-order valence-electron chi connectivity index (χ4n) is 3.32. The number of benzene rings is 2. The quantitative estimate of drug-likeness (QED) is 0.772. The van der Waals surface area contributed by atoms with Gasteiger partial charge in [0.25, 0.3) is 0 Å². The zero-order valence-corrected chi connectivity index (χ0v) is 15.6. The average Bonchev–Trinajstić information content (AvgIpc) is 2.69. The van der Waals surface area contributed by atoms with Gasteiger partial charge in [0, 0.05) is 12.3 Å². The van der Waals surface area contributed by atoms with Crippen LogP contribution in [0.1, 0.15) is 30.9 Å². The molecule has 0 aliphatic heterocycles. The van der Waals surface area contributed by atoms with Crippen molar-refractivity contribution >= 4 is 11.9 Å². The molecule has 0 heterocycles. The smallest absolute Gasteiger partial charge is 0.407 e. The molecule has 0 aromatic heterocycles. The predicted octanol–water partition coefficient (Wildman–Crippen LogP) is 4.45. The Morgan fingerprint density at radius 3 is 2.33 bits per heavy atom. The number of ether oxygens (including phenoxy) is 1. The fraction of sp³-hybridized carbons (Fsp3) is 0.304. The van der Waals surface area contributed by atoms with Gasteiger partial charge in [-0.25, -0.2) is 4.79 Å².